The van der Waals surface area contributed by atoms with Crippen LogP contribution in [0, 0.1) is 11.7 Å². The predicted molar refractivity (Wildman–Crippen MR) is 113 cm³/mol. The van der Waals surface area contributed by atoms with Gasteiger partial charge in [0.25, 0.3) is 0 Å². The Bertz CT molecular complexity index is 1170. The number of carbonyl (C=O) groups excluding carboxylic acids is 1. The third-order valence-electron chi connectivity index (χ3n) is 5.50. The molecule has 0 amide bonds. The molecule has 1 saturated heterocycles. The molecule has 12 heteroatoms. The van der Waals surface area contributed by atoms with E-state index >= 15 is 0 Å². The Morgan fingerprint density at radius 3 is 2.68 bits per heavy atom. The summed E-state index contributed by atoms with van der Waals surface area (Å²) in [4.78, 5) is 12.8. The summed E-state index contributed by atoms with van der Waals surface area (Å²) in [5.41, 5.74) is -2.72. The highest BCUT2D eigenvalue weighted by atomic mass is 35.5. The molecule has 2 aromatic heterocycles. The van der Waals surface area contributed by atoms with Gasteiger partial charge in [0.2, 0.25) is 0 Å². The maximum Gasteiger partial charge on any atom is 0.433 e. The molecule has 0 bridgehead atoms. The first kappa shape index (κ1) is 24.2. The van der Waals surface area contributed by atoms with Crippen LogP contribution >= 0.6 is 11.6 Å². The Balaban J connectivity index is 1.87. The fraction of sp³-hybridized carbons (Fsp3) is 0.409. The number of aromatic nitrogens is 3. The van der Waals surface area contributed by atoms with Gasteiger partial charge in [-0.05, 0) is 37.8 Å². The van der Waals surface area contributed by atoms with Gasteiger partial charge in [-0.25, -0.2) is 9.18 Å². The van der Waals surface area contributed by atoms with Gasteiger partial charge in [0, 0.05) is 19.8 Å². The second-order valence-corrected chi connectivity index (χ2v) is 8.10. The van der Waals surface area contributed by atoms with Crippen molar-refractivity contribution in [2.45, 2.75) is 32.5 Å². The number of rotatable bonds is 6. The lowest BCUT2D eigenvalue weighted by molar-refractivity contribution is -0.144. The van der Waals surface area contributed by atoms with Crippen molar-refractivity contribution in [2.24, 2.45) is 5.92 Å². The predicted octanol–water partition coefficient (Wildman–Crippen LogP) is 5.62. The number of benzene rings is 1. The maximum absolute atomic E-state index is 14.6. The van der Waals surface area contributed by atoms with Crippen LogP contribution in [0.2, 0.25) is 5.02 Å². The molecule has 0 unspecified atom stereocenters. The molecule has 4 rings (SSSR count). The molecule has 1 aliphatic heterocycles. The van der Waals surface area contributed by atoms with Crippen LogP contribution in [0.15, 0.2) is 28.9 Å². The quantitative estimate of drug-likeness (QED) is 0.322. The van der Waals surface area contributed by atoms with Gasteiger partial charge in [0.05, 0.1) is 29.0 Å². The van der Waals surface area contributed by atoms with Gasteiger partial charge in [-0.1, -0.05) is 22.8 Å². The van der Waals surface area contributed by atoms with E-state index in [2.05, 4.69) is 10.3 Å². The summed E-state index contributed by atoms with van der Waals surface area (Å²) in [5, 5.41) is 7.55. The molecule has 0 radical (unpaired) electrons. The number of hydrogen-bond donors (Lipinski definition) is 0. The zero-order valence-electron chi connectivity index (χ0n) is 18.0. The number of nitrogens with zero attached hydrogens (tertiary/aromatic N) is 3. The van der Waals surface area contributed by atoms with Gasteiger partial charge in [-0.2, -0.15) is 18.3 Å². The van der Waals surface area contributed by atoms with Crippen molar-refractivity contribution in [3.05, 3.63) is 46.5 Å². The monoisotopic (exact) mass is 501 g/mol. The Morgan fingerprint density at radius 1 is 1.29 bits per heavy atom. The summed E-state index contributed by atoms with van der Waals surface area (Å²) in [6.45, 7) is 2.37. The van der Waals surface area contributed by atoms with E-state index in [1.54, 1.807) is 0 Å². The van der Waals surface area contributed by atoms with Crippen LogP contribution in [-0.2, 0) is 22.2 Å². The van der Waals surface area contributed by atoms with Crippen molar-refractivity contribution < 1.29 is 36.4 Å². The molecule has 0 spiro atoms. The van der Waals surface area contributed by atoms with E-state index in [9.17, 15) is 22.4 Å². The smallest absolute Gasteiger partial charge is 0.433 e. The topological polar surface area (TPSA) is 79.4 Å². The van der Waals surface area contributed by atoms with Gasteiger partial charge in [-0.15, -0.1) is 0 Å². The number of ether oxygens (including phenoxy) is 2. The minimum Gasteiger partial charge on any atom is -0.462 e. The second-order valence-electron chi connectivity index (χ2n) is 7.69. The van der Waals surface area contributed by atoms with Crippen LogP contribution in [0.4, 0.5) is 17.6 Å². The van der Waals surface area contributed by atoms with Crippen LogP contribution in [0.25, 0.3) is 22.6 Å². The molecule has 3 heterocycles. The molecule has 1 fully saturated rings. The number of alkyl halides is 3. The molecule has 1 aliphatic rings. The van der Waals surface area contributed by atoms with Gasteiger partial charge < -0.3 is 14.0 Å². The normalized spacial score (nSPS) is 15.0. The van der Waals surface area contributed by atoms with Crippen molar-refractivity contribution >= 4 is 17.6 Å². The standard InChI is InChI=1S/C22H20ClF4N3O4/c1-2-33-21(31)17-18(16-14(23)4-3-5-15(16)24)29-34-19(17)13-10-28-30(20(13)22(25,26)27)11-12-6-8-32-9-7-12/h3-5,10,12H,2,6-9,11H2,1H3. The van der Waals surface area contributed by atoms with Crippen molar-refractivity contribution in [3.63, 3.8) is 0 Å². The molecular weight excluding hydrogens is 482 g/mol. The van der Waals surface area contributed by atoms with Gasteiger partial charge >= 0.3 is 12.1 Å². The van der Waals surface area contributed by atoms with E-state index in [4.69, 9.17) is 25.6 Å². The lowest BCUT2D eigenvalue weighted by Gasteiger charge is -2.23. The van der Waals surface area contributed by atoms with E-state index < -0.39 is 40.5 Å². The van der Waals surface area contributed by atoms with E-state index in [1.807, 2.05) is 0 Å². The third-order valence-corrected chi connectivity index (χ3v) is 5.81. The van der Waals surface area contributed by atoms with Gasteiger partial charge in [0.1, 0.15) is 17.1 Å². The van der Waals surface area contributed by atoms with Crippen LogP contribution < -0.4 is 0 Å². The first-order chi connectivity index (χ1) is 16.2. The fourth-order valence-corrected chi connectivity index (χ4v) is 4.18. The number of carbonyl (C=O) groups is 1. The average Bonchev–Trinajstić information content (AvgIpc) is 3.39. The number of halogens is 5. The Kier molecular flexibility index (Phi) is 6.94. The van der Waals surface area contributed by atoms with Crippen LogP contribution in [0.5, 0.6) is 0 Å². The summed E-state index contributed by atoms with van der Waals surface area (Å²) in [5.74, 6) is -2.45. The highest BCUT2D eigenvalue weighted by Crippen LogP contribution is 2.42. The van der Waals surface area contributed by atoms with E-state index in [1.165, 1.54) is 19.1 Å². The molecule has 0 N–H and O–H groups in total. The molecule has 34 heavy (non-hydrogen) atoms. The fourth-order valence-electron chi connectivity index (χ4n) is 3.92. The third kappa shape index (κ3) is 4.67. The maximum atomic E-state index is 14.6. The van der Waals surface area contributed by atoms with Crippen LogP contribution in [0.3, 0.4) is 0 Å². The van der Waals surface area contributed by atoms with Crippen LogP contribution in [-0.4, -0.2) is 40.7 Å². The van der Waals surface area contributed by atoms with Gasteiger partial charge in [-0.3, -0.25) is 4.68 Å². The second kappa shape index (κ2) is 9.75. The summed E-state index contributed by atoms with van der Waals surface area (Å²) in [7, 11) is 0. The first-order valence-corrected chi connectivity index (χ1v) is 10.9. The molecule has 0 atom stereocenters. The van der Waals surface area contributed by atoms with E-state index in [0.29, 0.717) is 26.1 Å². The zero-order chi connectivity index (χ0) is 24.5. The summed E-state index contributed by atoms with van der Waals surface area (Å²) in [6, 6.07) is 3.78. The molecule has 0 aliphatic carbocycles. The molecule has 1 aromatic carbocycles. The van der Waals surface area contributed by atoms with Crippen LogP contribution in [0.1, 0.15) is 35.8 Å². The average molecular weight is 502 g/mol. The molecule has 0 saturated carbocycles. The lowest BCUT2D eigenvalue weighted by Crippen LogP contribution is -2.24. The summed E-state index contributed by atoms with van der Waals surface area (Å²) in [6.07, 6.45) is -2.68. The van der Waals surface area contributed by atoms with Gasteiger partial charge in [0.15, 0.2) is 11.5 Å². The summed E-state index contributed by atoms with van der Waals surface area (Å²) < 4.78 is 73.5. The first-order valence-electron chi connectivity index (χ1n) is 10.5. The Morgan fingerprint density at radius 2 is 2.03 bits per heavy atom. The summed E-state index contributed by atoms with van der Waals surface area (Å²) >= 11 is 6.11. The molecular formula is C22H20ClF4N3O4. The minimum atomic E-state index is -4.83. The van der Waals surface area contributed by atoms with Crippen molar-refractivity contribution in [3.8, 4) is 22.6 Å². The lowest BCUT2D eigenvalue weighted by atomic mass is 10.00. The minimum absolute atomic E-state index is 0.00702. The van der Waals surface area contributed by atoms with Crippen molar-refractivity contribution in [2.75, 3.05) is 19.8 Å². The molecule has 182 valence electrons. The van der Waals surface area contributed by atoms with Crippen molar-refractivity contribution in [1.82, 2.24) is 14.9 Å². The van der Waals surface area contributed by atoms with E-state index in [-0.39, 0.29) is 35.3 Å². The molecule has 7 nitrogen and oxygen atoms in total. The molecule has 3 aromatic rings. The zero-order valence-corrected chi connectivity index (χ0v) is 18.7. The highest BCUT2D eigenvalue weighted by Gasteiger charge is 2.42. The number of hydrogen-bond acceptors (Lipinski definition) is 6. The highest BCUT2D eigenvalue weighted by molar-refractivity contribution is 6.33. The Hall–Kier alpha value is -2.92. The SMILES string of the molecule is CCOC(=O)c1c(-c2c(F)cccc2Cl)noc1-c1cnn(CC2CCOCC2)c1C(F)(F)F. The van der Waals surface area contributed by atoms with E-state index in [0.717, 1.165) is 16.9 Å². The largest absolute Gasteiger partial charge is 0.462 e. The Labute approximate surface area is 196 Å². The number of esters is 1. The van der Waals surface area contributed by atoms with Crippen molar-refractivity contribution in [1.29, 1.82) is 0 Å².